The predicted octanol–water partition coefficient (Wildman–Crippen LogP) is 2.93. The molecule has 96 valence electrons. The van der Waals surface area contributed by atoms with E-state index in [0.717, 1.165) is 25.1 Å². The van der Waals surface area contributed by atoms with Gasteiger partial charge in [-0.15, -0.1) is 11.6 Å². The lowest BCUT2D eigenvalue weighted by Crippen LogP contribution is -2.31. The highest BCUT2D eigenvalue weighted by Gasteiger charge is 2.12. The molecular formula is C13H21ClN2O. The molecule has 0 spiro atoms. The Morgan fingerprint density at radius 1 is 1.47 bits per heavy atom. The van der Waals surface area contributed by atoms with Gasteiger partial charge in [-0.05, 0) is 32.9 Å². The van der Waals surface area contributed by atoms with Crippen LogP contribution in [0, 0.1) is 0 Å². The van der Waals surface area contributed by atoms with E-state index in [-0.39, 0.29) is 0 Å². The summed E-state index contributed by atoms with van der Waals surface area (Å²) in [6.07, 6.45) is 2.75. The highest BCUT2D eigenvalue weighted by atomic mass is 35.5. The lowest BCUT2D eigenvalue weighted by Gasteiger charge is -2.26. The van der Waals surface area contributed by atoms with Crippen LogP contribution in [0.2, 0.25) is 0 Å². The summed E-state index contributed by atoms with van der Waals surface area (Å²) in [5.74, 6) is 1.41. The van der Waals surface area contributed by atoms with Gasteiger partial charge in [0.1, 0.15) is 0 Å². The fourth-order valence-corrected chi connectivity index (χ4v) is 1.85. The molecule has 0 fully saturated rings. The van der Waals surface area contributed by atoms with Crippen molar-refractivity contribution in [2.45, 2.75) is 32.9 Å². The molecule has 1 heterocycles. The maximum Gasteiger partial charge on any atom is 0.217 e. The minimum atomic E-state index is 0.489. The molecule has 0 aliphatic heterocycles. The molecule has 0 N–H and O–H groups in total. The van der Waals surface area contributed by atoms with E-state index >= 15 is 0 Å². The number of alkyl halides is 1. The zero-order chi connectivity index (χ0) is 12.7. The van der Waals surface area contributed by atoms with Gasteiger partial charge in [-0.2, -0.15) is 0 Å². The zero-order valence-corrected chi connectivity index (χ0v) is 11.6. The molecule has 0 amide bonds. The molecule has 0 saturated carbocycles. The molecular weight excluding hydrogens is 236 g/mol. The van der Waals surface area contributed by atoms with Crippen LogP contribution < -0.4 is 4.74 Å². The molecule has 0 unspecified atom stereocenters. The van der Waals surface area contributed by atoms with Crippen molar-refractivity contribution in [3.8, 4) is 5.88 Å². The molecule has 0 bridgehead atoms. The van der Waals surface area contributed by atoms with Crippen molar-refractivity contribution in [1.29, 1.82) is 0 Å². The SMILES string of the molecule is COc1ncccc1CN(CCCCl)C(C)C. The van der Waals surface area contributed by atoms with Crippen molar-refractivity contribution in [3.63, 3.8) is 0 Å². The summed E-state index contributed by atoms with van der Waals surface area (Å²) in [6.45, 7) is 6.24. The molecule has 1 aromatic rings. The standard InChI is InChI=1S/C13H21ClN2O/c1-11(2)16(9-5-7-14)10-12-6-4-8-15-13(12)17-3/h4,6,8,11H,5,7,9-10H2,1-3H3. The molecule has 17 heavy (non-hydrogen) atoms. The molecule has 0 aromatic carbocycles. The van der Waals surface area contributed by atoms with Crippen LogP contribution in [0.25, 0.3) is 0 Å². The Balaban J connectivity index is 2.71. The first-order valence-corrected chi connectivity index (χ1v) is 6.50. The summed E-state index contributed by atoms with van der Waals surface area (Å²) in [5, 5.41) is 0. The third kappa shape index (κ3) is 4.52. The molecule has 0 atom stereocenters. The Morgan fingerprint density at radius 2 is 2.24 bits per heavy atom. The molecule has 1 aromatic heterocycles. The number of methoxy groups -OCH3 is 1. The average molecular weight is 257 g/mol. The third-order valence-electron chi connectivity index (χ3n) is 2.73. The van der Waals surface area contributed by atoms with Gasteiger partial charge in [0.25, 0.3) is 0 Å². The zero-order valence-electron chi connectivity index (χ0n) is 10.8. The Kier molecular flexibility index (Phi) is 6.30. The number of rotatable bonds is 7. The highest BCUT2D eigenvalue weighted by molar-refractivity contribution is 6.17. The quantitative estimate of drug-likeness (QED) is 0.702. The van der Waals surface area contributed by atoms with Crippen molar-refractivity contribution < 1.29 is 4.74 Å². The molecule has 4 heteroatoms. The summed E-state index contributed by atoms with van der Waals surface area (Å²) in [4.78, 5) is 6.59. The lowest BCUT2D eigenvalue weighted by atomic mass is 10.2. The van der Waals surface area contributed by atoms with Crippen molar-refractivity contribution in [3.05, 3.63) is 23.9 Å². The number of hydrogen-bond acceptors (Lipinski definition) is 3. The Hall–Kier alpha value is -0.800. The summed E-state index contributed by atoms with van der Waals surface area (Å²) >= 11 is 5.75. The molecule has 0 radical (unpaired) electrons. The van der Waals surface area contributed by atoms with Gasteiger partial charge < -0.3 is 4.74 Å². The van der Waals surface area contributed by atoms with Crippen LogP contribution in [0.3, 0.4) is 0 Å². The van der Waals surface area contributed by atoms with Crippen molar-refractivity contribution in [2.24, 2.45) is 0 Å². The first-order chi connectivity index (χ1) is 8.19. The van der Waals surface area contributed by atoms with Crippen LogP contribution in [-0.4, -0.2) is 35.5 Å². The van der Waals surface area contributed by atoms with E-state index in [4.69, 9.17) is 16.3 Å². The first kappa shape index (κ1) is 14.3. The Labute approximate surface area is 109 Å². The molecule has 0 aliphatic carbocycles. The molecule has 0 saturated heterocycles. The number of pyridine rings is 1. The van der Waals surface area contributed by atoms with Gasteiger partial charge >= 0.3 is 0 Å². The topological polar surface area (TPSA) is 25.4 Å². The second kappa shape index (κ2) is 7.51. The van der Waals surface area contributed by atoms with Crippen LogP contribution in [0.1, 0.15) is 25.8 Å². The van der Waals surface area contributed by atoms with Crippen molar-refractivity contribution >= 4 is 11.6 Å². The second-order valence-electron chi connectivity index (χ2n) is 4.28. The fourth-order valence-electron chi connectivity index (χ4n) is 1.73. The van der Waals surface area contributed by atoms with E-state index in [1.807, 2.05) is 6.07 Å². The maximum absolute atomic E-state index is 5.75. The predicted molar refractivity (Wildman–Crippen MR) is 71.7 cm³/mol. The number of halogens is 1. The van der Waals surface area contributed by atoms with Crippen LogP contribution in [0.4, 0.5) is 0 Å². The Bertz CT molecular complexity index is 331. The van der Waals surface area contributed by atoms with E-state index in [0.29, 0.717) is 17.8 Å². The molecule has 1 rings (SSSR count). The van der Waals surface area contributed by atoms with Gasteiger partial charge in [0.2, 0.25) is 5.88 Å². The van der Waals surface area contributed by atoms with E-state index in [9.17, 15) is 0 Å². The number of nitrogens with zero attached hydrogens (tertiary/aromatic N) is 2. The fraction of sp³-hybridized carbons (Fsp3) is 0.615. The normalized spacial score (nSPS) is 11.2. The van der Waals surface area contributed by atoms with E-state index < -0.39 is 0 Å². The third-order valence-corrected chi connectivity index (χ3v) is 2.99. The lowest BCUT2D eigenvalue weighted by molar-refractivity contribution is 0.210. The molecule has 0 aliphatic rings. The number of hydrogen-bond donors (Lipinski definition) is 0. The van der Waals surface area contributed by atoms with Crippen LogP contribution in [-0.2, 0) is 6.54 Å². The number of aromatic nitrogens is 1. The molecule has 3 nitrogen and oxygen atoms in total. The van der Waals surface area contributed by atoms with E-state index in [2.05, 4.69) is 29.8 Å². The van der Waals surface area contributed by atoms with Gasteiger partial charge in [-0.1, -0.05) is 6.07 Å². The minimum Gasteiger partial charge on any atom is -0.481 e. The second-order valence-corrected chi connectivity index (χ2v) is 4.66. The van der Waals surface area contributed by atoms with Gasteiger partial charge in [0, 0.05) is 30.2 Å². The van der Waals surface area contributed by atoms with Gasteiger partial charge in [-0.3, -0.25) is 4.90 Å². The van der Waals surface area contributed by atoms with E-state index in [1.165, 1.54) is 0 Å². The average Bonchev–Trinajstić information content (AvgIpc) is 2.34. The maximum atomic E-state index is 5.75. The van der Waals surface area contributed by atoms with Gasteiger partial charge in [0.05, 0.1) is 7.11 Å². The smallest absolute Gasteiger partial charge is 0.217 e. The van der Waals surface area contributed by atoms with Crippen molar-refractivity contribution in [1.82, 2.24) is 9.88 Å². The minimum absolute atomic E-state index is 0.489. The van der Waals surface area contributed by atoms with Crippen LogP contribution >= 0.6 is 11.6 Å². The largest absolute Gasteiger partial charge is 0.481 e. The van der Waals surface area contributed by atoms with Gasteiger partial charge in [-0.25, -0.2) is 4.98 Å². The Morgan fingerprint density at radius 3 is 2.82 bits per heavy atom. The van der Waals surface area contributed by atoms with Crippen molar-refractivity contribution in [2.75, 3.05) is 19.5 Å². The van der Waals surface area contributed by atoms with Gasteiger partial charge in [0.15, 0.2) is 0 Å². The van der Waals surface area contributed by atoms with Crippen LogP contribution in [0.15, 0.2) is 18.3 Å². The summed E-state index contributed by atoms with van der Waals surface area (Å²) in [6, 6.07) is 4.49. The van der Waals surface area contributed by atoms with Crippen LogP contribution in [0.5, 0.6) is 5.88 Å². The van der Waals surface area contributed by atoms with E-state index in [1.54, 1.807) is 13.3 Å². The highest BCUT2D eigenvalue weighted by Crippen LogP contribution is 2.17. The summed E-state index contributed by atoms with van der Waals surface area (Å²) in [5.41, 5.74) is 1.12. The monoisotopic (exact) mass is 256 g/mol. The summed E-state index contributed by atoms with van der Waals surface area (Å²) < 4.78 is 5.27. The summed E-state index contributed by atoms with van der Waals surface area (Å²) in [7, 11) is 1.66. The first-order valence-electron chi connectivity index (χ1n) is 5.97. The number of ether oxygens (including phenoxy) is 1.